The summed E-state index contributed by atoms with van der Waals surface area (Å²) in [7, 11) is 0. The average Bonchev–Trinajstić information content (AvgIpc) is 3.00. The highest BCUT2D eigenvalue weighted by Crippen LogP contribution is 2.39. The summed E-state index contributed by atoms with van der Waals surface area (Å²) >= 11 is 0. The van der Waals surface area contributed by atoms with Crippen LogP contribution >= 0.6 is 0 Å². The molecule has 1 aromatic heterocycles. The van der Waals surface area contributed by atoms with Gasteiger partial charge in [-0.3, -0.25) is 0 Å². The Morgan fingerprint density at radius 3 is 2.61 bits per heavy atom. The summed E-state index contributed by atoms with van der Waals surface area (Å²) in [5.74, 6) is 2.53. The molecule has 0 amide bonds. The van der Waals surface area contributed by atoms with Crippen LogP contribution in [-0.2, 0) is 6.42 Å². The number of nitrogens with two attached hydrogens (primary N) is 1. The van der Waals surface area contributed by atoms with Crippen LogP contribution in [0.15, 0.2) is 30.6 Å². The number of piperidine rings is 1. The Bertz CT molecular complexity index is 706. The zero-order valence-electron chi connectivity index (χ0n) is 13.6. The largest absolute Gasteiger partial charge is 0.393 e. The molecule has 1 aromatic carbocycles. The topological polar surface area (TPSA) is 58.3 Å². The smallest absolute Gasteiger partial charge is 0.161 e. The van der Waals surface area contributed by atoms with Crippen molar-refractivity contribution in [2.45, 2.75) is 26.2 Å². The van der Waals surface area contributed by atoms with E-state index in [1.165, 1.54) is 24.1 Å². The van der Waals surface area contributed by atoms with E-state index in [-0.39, 0.29) is 0 Å². The van der Waals surface area contributed by atoms with Crippen molar-refractivity contribution in [2.24, 2.45) is 5.92 Å². The number of nitrogens with zero attached hydrogens (tertiary/aromatic N) is 4. The number of aromatic nitrogens is 2. The molecule has 2 N–H and O–H groups in total. The van der Waals surface area contributed by atoms with Gasteiger partial charge in [0.1, 0.15) is 12.0 Å². The minimum absolute atomic E-state index is 0.707. The summed E-state index contributed by atoms with van der Waals surface area (Å²) in [5, 5.41) is 0. The van der Waals surface area contributed by atoms with Crippen LogP contribution in [-0.4, -0.2) is 29.6 Å². The number of fused-ring (bicyclic) bond motifs is 1. The molecular weight excluding hydrogens is 286 g/mol. The molecular formula is C18H23N5. The minimum atomic E-state index is 0.707. The van der Waals surface area contributed by atoms with E-state index in [2.05, 4.69) is 51.0 Å². The molecule has 2 aromatic rings. The van der Waals surface area contributed by atoms with Crippen molar-refractivity contribution in [1.29, 1.82) is 0 Å². The van der Waals surface area contributed by atoms with Crippen LogP contribution in [0.4, 0.5) is 23.0 Å². The number of para-hydroxylation sites is 1. The van der Waals surface area contributed by atoms with E-state index < -0.39 is 0 Å². The van der Waals surface area contributed by atoms with Gasteiger partial charge in [0.25, 0.3) is 0 Å². The number of benzene rings is 1. The fourth-order valence-corrected chi connectivity index (χ4v) is 3.62. The molecule has 0 bridgehead atoms. The summed E-state index contributed by atoms with van der Waals surface area (Å²) in [6, 6.07) is 8.49. The second-order valence-electron chi connectivity index (χ2n) is 6.63. The molecule has 0 unspecified atom stereocenters. The molecule has 0 aliphatic carbocycles. The van der Waals surface area contributed by atoms with E-state index in [0.717, 1.165) is 43.6 Å². The van der Waals surface area contributed by atoms with Gasteiger partial charge in [-0.2, -0.15) is 0 Å². The van der Waals surface area contributed by atoms with Gasteiger partial charge < -0.3 is 15.5 Å². The SMILES string of the molecule is CC1CCN(c2ncnc(N3CCc4ccccc43)c2N)CC1. The first kappa shape index (κ1) is 14.3. The lowest BCUT2D eigenvalue weighted by Crippen LogP contribution is -2.34. The molecule has 5 heteroatoms. The summed E-state index contributed by atoms with van der Waals surface area (Å²) < 4.78 is 0. The Morgan fingerprint density at radius 2 is 1.78 bits per heavy atom. The van der Waals surface area contributed by atoms with Crippen molar-refractivity contribution in [1.82, 2.24) is 9.97 Å². The maximum absolute atomic E-state index is 6.48. The lowest BCUT2D eigenvalue weighted by Gasteiger charge is -2.32. The molecule has 1 fully saturated rings. The predicted molar refractivity (Wildman–Crippen MR) is 94.2 cm³/mol. The monoisotopic (exact) mass is 309 g/mol. The van der Waals surface area contributed by atoms with Crippen molar-refractivity contribution < 1.29 is 0 Å². The highest BCUT2D eigenvalue weighted by atomic mass is 15.3. The second-order valence-corrected chi connectivity index (χ2v) is 6.63. The molecule has 120 valence electrons. The number of hydrogen-bond donors (Lipinski definition) is 1. The lowest BCUT2D eigenvalue weighted by atomic mass is 9.99. The van der Waals surface area contributed by atoms with Gasteiger partial charge in [-0.1, -0.05) is 25.1 Å². The van der Waals surface area contributed by atoms with Gasteiger partial charge in [0, 0.05) is 25.3 Å². The average molecular weight is 309 g/mol. The summed E-state index contributed by atoms with van der Waals surface area (Å²) in [6.07, 6.45) is 5.09. The zero-order valence-corrected chi connectivity index (χ0v) is 13.6. The van der Waals surface area contributed by atoms with Crippen LogP contribution in [0.1, 0.15) is 25.3 Å². The van der Waals surface area contributed by atoms with E-state index >= 15 is 0 Å². The van der Waals surface area contributed by atoms with E-state index in [9.17, 15) is 0 Å². The van der Waals surface area contributed by atoms with Crippen LogP contribution in [0, 0.1) is 5.92 Å². The third-order valence-corrected chi connectivity index (χ3v) is 5.07. The predicted octanol–water partition coefficient (Wildman–Crippen LogP) is 2.99. The molecule has 5 nitrogen and oxygen atoms in total. The Kier molecular flexibility index (Phi) is 3.56. The summed E-state index contributed by atoms with van der Waals surface area (Å²) in [6.45, 7) is 5.29. The Hall–Kier alpha value is -2.30. The van der Waals surface area contributed by atoms with Crippen molar-refractivity contribution in [3.8, 4) is 0 Å². The second kappa shape index (κ2) is 5.72. The van der Waals surface area contributed by atoms with Gasteiger partial charge in [-0.05, 0) is 36.8 Å². The van der Waals surface area contributed by atoms with Gasteiger partial charge in [-0.25, -0.2) is 9.97 Å². The zero-order chi connectivity index (χ0) is 15.8. The van der Waals surface area contributed by atoms with E-state index in [4.69, 9.17) is 5.73 Å². The third kappa shape index (κ3) is 2.50. The van der Waals surface area contributed by atoms with Crippen LogP contribution < -0.4 is 15.5 Å². The van der Waals surface area contributed by atoms with Crippen LogP contribution in [0.5, 0.6) is 0 Å². The number of anilines is 4. The molecule has 2 aliphatic heterocycles. The van der Waals surface area contributed by atoms with Crippen LogP contribution in [0.25, 0.3) is 0 Å². The highest BCUT2D eigenvalue weighted by Gasteiger charge is 2.26. The highest BCUT2D eigenvalue weighted by molar-refractivity contribution is 5.81. The van der Waals surface area contributed by atoms with Crippen molar-refractivity contribution in [3.05, 3.63) is 36.2 Å². The van der Waals surface area contributed by atoms with E-state index in [0.29, 0.717) is 5.69 Å². The summed E-state index contributed by atoms with van der Waals surface area (Å²) in [4.78, 5) is 13.5. The molecule has 0 atom stereocenters. The lowest BCUT2D eigenvalue weighted by molar-refractivity contribution is 0.437. The van der Waals surface area contributed by atoms with Gasteiger partial charge >= 0.3 is 0 Å². The van der Waals surface area contributed by atoms with Gasteiger partial charge in [-0.15, -0.1) is 0 Å². The molecule has 3 heterocycles. The molecule has 0 radical (unpaired) electrons. The Morgan fingerprint density at radius 1 is 1.04 bits per heavy atom. The first-order chi connectivity index (χ1) is 11.2. The molecule has 1 saturated heterocycles. The number of rotatable bonds is 2. The van der Waals surface area contributed by atoms with Crippen LogP contribution in [0.2, 0.25) is 0 Å². The Balaban J connectivity index is 1.67. The van der Waals surface area contributed by atoms with E-state index in [1.54, 1.807) is 6.33 Å². The molecule has 0 spiro atoms. The maximum atomic E-state index is 6.48. The quantitative estimate of drug-likeness (QED) is 0.924. The first-order valence-corrected chi connectivity index (χ1v) is 8.45. The fourth-order valence-electron chi connectivity index (χ4n) is 3.62. The van der Waals surface area contributed by atoms with E-state index in [1.807, 2.05) is 0 Å². The van der Waals surface area contributed by atoms with Gasteiger partial charge in [0.15, 0.2) is 11.6 Å². The maximum Gasteiger partial charge on any atom is 0.161 e. The normalized spacial score (nSPS) is 18.3. The Labute approximate surface area is 137 Å². The van der Waals surface area contributed by atoms with Crippen molar-refractivity contribution >= 4 is 23.0 Å². The third-order valence-electron chi connectivity index (χ3n) is 5.07. The van der Waals surface area contributed by atoms with Gasteiger partial charge in [0.05, 0.1) is 0 Å². The molecule has 2 aliphatic rings. The molecule has 4 rings (SSSR count). The number of hydrogen-bond acceptors (Lipinski definition) is 5. The number of nitrogen functional groups attached to an aromatic ring is 1. The molecule has 23 heavy (non-hydrogen) atoms. The molecule has 0 saturated carbocycles. The van der Waals surface area contributed by atoms with Crippen molar-refractivity contribution in [3.63, 3.8) is 0 Å². The van der Waals surface area contributed by atoms with Gasteiger partial charge in [0.2, 0.25) is 0 Å². The fraction of sp³-hybridized carbons (Fsp3) is 0.444. The first-order valence-electron chi connectivity index (χ1n) is 8.45. The minimum Gasteiger partial charge on any atom is -0.393 e. The summed E-state index contributed by atoms with van der Waals surface area (Å²) in [5.41, 5.74) is 9.76. The standard InChI is InChI=1S/C18H23N5/c1-13-6-9-22(10-7-13)17-16(19)18(21-12-20-17)23-11-8-14-4-2-3-5-15(14)23/h2-5,12-13H,6-11,19H2,1H3. The van der Waals surface area contributed by atoms with Crippen LogP contribution in [0.3, 0.4) is 0 Å². The van der Waals surface area contributed by atoms with Crippen molar-refractivity contribution in [2.75, 3.05) is 35.2 Å².